The first kappa shape index (κ1) is 13.2. The van der Waals surface area contributed by atoms with Gasteiger partial charge in [0.15, 0.2) is 5.65 Å². The van der Waals surface area contributed by atoms with Crippen molar-refractivity contribution in [3.63, 3.8) is 0 Å². The molecule has 0 fully saturated rings. The van der Waals surface area contributed by atoms with Crippen LogP contribution in [0.4, 0.5) is 0 Å². The van der Waals surface area contributed by atoms with E-state index in [0.717, 1.165) is 11.2 Å². The van der Waals surface area contributed by atoms with E-state index < -0.39 is 5.97 Å². The van der Waals surface area contributed by atoms with Gasteiger partial charge in [0.05, 0.1) is 6.33 Å². The number of carboxylic acids is 1. The van der Waals surface area contributed by atoms with Crippen molar-refractivity contribution >= 4 is 17.1 Å². The number of aryl methyl sites for hydroxylation is 1. The molecule has 0 amide bonds. The largest absolute Gasteiger partial charge is 1.00 e. The number of rotatable bonds is 4. The molecular formula is C10H10N3NaO2. The molecule has 0 aliphatic heterocycles. The Morgan fingerprint density at radius 1 is 1.44 bits per heavy atom. The number of hydrogen-bond acceptors (Lipinski definition) is 4. The number of fused-ring (bicyclic) bond motifs is 1. The van der Waals surface area contributed by atoms with Crippen molar-refractivity contribution < 1.29 is 39.5 Å². The summed E-state index contributed by atoms with van der Waals surface area (Å²) in [7, 11) is 0. The molecule has 0 saturated carbocycles. The van der Waals surface area contributed by atoms with Crippen molar-refractivity contribution in [2.45, 2.75) is 19.4 Å². The molecule has 0 aliphatic carbocycles. The van der Waals surface area contributed by atoms with E-state index >= 15 is 0 Å². The number of aromatic nitrogens is 3. The monoisotopic (exact) mass is 227 g/mol. The van der Waals surface area contributed by atoms with Crippen LogP contribution in [0.2, 0.25) is 0 Å². The fraction of sp³-hybridized carbons (Fsp3) is 0.300. The van der Waals surface area contributed by atoms with Crippen molar-refractivity contribution in [3.05, 3.63) is 24.7 Å². The molecule has 0 spiro atoms. The smallest absolute Gasteiger partial charge is 0.550 e. The minimum absolute atomic E-state index is 0. The van der Waals surface area contributed by atoms with Gasteiger partial charge in [0.1, 0.15) is 5.52 Å². The Kier molecular flexibility index (Phi) is 4.92. The number of nitrogens with zero attached hydrogens (tertiary/aromatic N) is 3. The third kappa shape index (κ3) is 3.04. The van der Waals surface area contributed by atoms with Crippen LogP contribution in [0.25, 0.3) is 11.2 Å². The Balaban J connectivity index is 0.00000128. The van der Waals surface area contributed by atoms with Gasteiger partial charge in [0, 0.05) is 18.7 Å². The van der Waals surface area contributed by atoms with E-state index in [1.54, 1.807) is 12.5 Å². The van der Waals surface area contributed by atoms with Gasteiger partial charge in [0.2, 0.25) is 0 Å². The van der Waals surface area contributed by atoms with Gasteiger partial charge < -0.3 is 14.5 Å². The molecule has 78 valence electrons. The van der Waals surface area contributed by atoms with E-state index in [1.165, 1.54) is 0 Å². The molecule has 0 radical (unpaired) electrons. The molecule has 6 heteroatoms. The van der Waals surface area contributed by atoms with Gasteiger partial charge in [-0.1, -0.05) is 0 Å². The Hall–Kier alpha value is -0.910. The third-order valence-electron chi connectivity index (χ3n) is 2.15. The predicted molar refractivity (Wildman–Crippen MR) is 51.8 cm³/mol. The summed E-state index contributed by atoms with van der Waals surface area (Å²) < 4.78 is 1.85. The second-order valence-electron chi connectivity index (χ2n) is 3.26. The Labute approximate surface area is 115 Å². The van der Waals surface area contributed by atoms with Crippen LogP contribution in [-0.2, 0) is 11.3 Å². The average molecular weight is 227 g/mol. The third-order valence-corrected chi connectivity index (χ3v) is 2.15. The molecule has 2 aromatic heterocycles. The number of pyridine rings is 1. The molecule has 0 bridgehead atoms. The zero-order chi connectivity index (χ0) is 10.7. The molecule has 0 N–H and O–H groups in total. The van der Waals surface area contributed by atoms with Crippen LogP contribution in [0.15, 0.2) is 24.7 Å². The van der Waals surface area contributed by atoms with Crippen molar-refractivity contribution in [1.29, 1.82) is 0 Å². The minimum Gasteiger partial charge on any atom is -0.550 e. The zero-order valence-electron chi connectivity index (χ0n) is 9.09. The minimum atomic E-state index is -1.02. The summed E-state index contributed by atoms with van der Waals surface area (Å²) >= 11 is 0. The van der Waals surface area contributed by atoms with Crippen LogP contribution in [-0.4, -0.2) is 20.5 Å². The van der Waals surface area contributed by atoms with E-state index in [-0.39, 0.29) is 36.0 Å². The summed E-state index contributed by atoms with van der Waals surface area (Å²) in [5, 5.41) is 10.2. The van der Waals surface area contributed by atoms with Crippen molar-refractivity contribution in [2.24, 2.45) is 0 Å². The van der Waals surface area contributed by atoms with Gasteiger partial charge in [-0.2, -0.15) is 0 Å². The fourth-order valence-electron chi connectivity index (χ4n) is 1.45. The Morgan fingerprint density at radius 2 is 2.25 bits per heavy atom. The van der Waals surface area contributed by atoms with E-state index in [2.05, 4.69) is 9.97 Å². The number of hydrogen-bond donors (Lipinski definition) is 0. The fourth-order valence-corrected chi connectivity index (χ4v) is 1.45. The number of carbonyl (C=O) groups excluding carboxylic acids is 1. The van der Waals surface area contributed by atoms with E-state index in [9.17, 15) is 9.90 Å². The van der Waals surface area contributed by atoms with E-state index in [0.29, 0.717) is 13.0 Å². The van der Waals surface area contributed by atoms with Gasteiger partial charge in [-0.25, -0.2) is 9.97 Å². The summed E-state index contributed by atoms with van der Waals surface area (Å²) in [4.78, 5) is 18.6. The molecule has 0 aliphatic rings. The molecule has 2 heterocycles. The van der Waals surface area contributed by atoms with Gasteiger partial charge in [-0.3, -0.25) is 0 Å². The first-order valence-corrected chi connectivity index (χ1v) is 4.73. The van der Waals surface area contributed by atoms with Crippen molar-refractivity contribution in [1.82, 2.24) is 14.5 Å². The zero-order valence-corrected chi connectivity index (χ0v) is 11.1. The summed E-state index contributed by atoms with van der Waals surface area (Å²) in [6.45, 7) is 0.599. The van der Waals surface area contributed by atoms with Crippen LogP contribution >= 0.6 is 0 Å². The SMILES string of the molecule is O=C([O-])CCCn1cnc2cccnc21.[Na+]. The van der Waals surface area contributed by atoms with Crippen molar-refractivity contribution in [2.75, 3.05) is 0 Å². The van der Waals surface area contributed by atoms with Gasteiger partial charge in [-0.05, 0) is 25.0 Å². The summed E-state index contributed by atoms with van der Waals surface area (Å²) in [6.07, 6.45) is 3.96. The molecule has 5 nitrogen and oxygen atoms in total. The predicted octanol–water partition coefficient (Wildman–Crippen LogP) is -3.03. The maximum Gasteiger partial charge on any atom is 1.00 e. The van der Waals surface area contributed by atoms with Gasteiger partial charge >= 0.3 is 29.6 Å². The number of aliphatic carboxylic acids is 1. The Bertz CT molecular complexity index is 484. The molecule has 0 atom stereocenters. The Morgan fingerprint density at radius 3 is 3.00 bits per heavy atom. The van der Waals surface area contributed by atoms with E-state index in [4.69, 9.17) is 0 Å². The molecular weight excluding hydrogens is 217 g/mol. The molecule has 2 aromatic rings. The quantitative estimate of drug-likeness (QED) is 0.521. The summed E-state index contributed by atoms with van der Waals surface area (Å²) in [5.74, 6) is -1.02. The average Bonchev–Trinajstić information content (AvgIpc) is 2.62. The van der Waals surface area contributed by atoms with Crippen LogP contribution in [0.3, 0.4) is 0 Å². The van der Waals surface area contributed by atoms with Gasteiger partial charge in [0.25, 0.3) is 0 Å². The molecule has 16 heavy (non-hydrogen) atoms. The normalized spacial score (nSPS) is 10.0. The van der Waals surface area contributed by atoms with Crippen LogP contribution < -0.4 is 34.7 Å². The topological polar surface area (TPSA) is 70.8 Å². The maximum atomic E-state index is 10.2. The summed E-state index contributed by atoms with van der Waals surface area (Å²) in [6, 6.07) is 3.69. The second-order valence-corrected chi connectivity index (χ2v) is 3.26. The van der Waals surface area contributed by atoms with E-state index in [1.807, 2.05) is 16.7 Å². The van der Waals surface area contributed by atoms with Gasteiger partial charge in [-0.15, -0.1) is 0 Å². The van der Waals surface area contributed by atoms with Crippen LogP contribution in [0, 0.1) is 0 Å². The molecule has 0 aromatic carbocycles. The second kappa shape index (κ2) is 5.98. The number of imidazole rings is 1. The number of carboxylic acid groups (broad SMARTS) is 1. The first-order chi connectivity index (χ1) is 7.27. The summed E-state index contributed by atoms with van der Waals surface area (Å²) in [5.41, 5.74) is 1.61. The molecule has 2 rings (SSSR count). The molecule has 0 unspecified atom stereocenters. The van der Waals surface area contributed by atoms with Crippen LogP contribution in [0.1, 0.15) is 12.8 Å². The standard InChI is InChI=1S/C10H11N3O2.Na/c14-9(15)4-2-6-13-7-12-8-3-1-5-11-10(8)13;/h1,3,5,7H,2,4,6H2,(H,14,15);/q;+1/p-1. The maximum absolute atomic E-state index is 10.2. The first-order valence-electron chi connectivity index (χ1n) is 4.73. The van der Waals surface area contributed by atoms with Crippen LogP contribution in [0.5, 0.6) is 0 Å². The van der Waals surface area contributed by atoms with Crippen molar-refractivity contribution in [3.8, 4) is 0 Å². The number of carbonyl (C=O) groups is 1. The molecule has 0 saturated heterocycles.